The van der Waals surface area contributed by atoms with E-state index in [1.165, 1.54) is 18.2 Å². The maximum Gasteiger partial charge on any atom is 0.338 e. The summed E-state index contributed by atoms with van der Waals surface area (Å²) in [6, 6.07) is 4.91. The van der Waals surface area contributed by atoms with Crippen LogP contribution in [-0.4, -0.2) is 29.6 Å². The molecule has 1 saturated heterocycles. The molecule has 0 bridgehead atoms. The van der Waals surface area contributed by atoms with Crippen LogP contribution in [0, 0.1) is 10.1 Å². The highest BCUT2D eigenvalue weighted by molar-refractivity contribution is 5.93. The van der Waals surface area contributed by atoms with Gasteiger partial charge in [0.1, 0.15) is 11.8 Å². The van der Waals surface area contributed by atoms with Gasteiger partial charge in [0.25, 0.3) is 11.6 Å². The first-order chi connectivity index (χ1) is 10.1. The highest BCUT2D eigenvalue weighted by atomic mass is 16.6. The summed E-state index contributed by atoms with van der Waals surface area (Å²) >= 11 is 0. The fourth-order valence-corrected chi connectivity index (χ4v) is 1.88. The molecule has 1 fully saturated rings. The van der Waals surface area contributed by atoms with E-state index in [2.05, 4.69) is 16.2 Å². The molecule has 2 rings (SSSR count). The van der Waals surface area contributed by atoms with Crippen molar-refractivity contribution < 1.29 is 19.2 Å². The number of para-hydroxylation sites is 2. The normalized spacial score (nSPS) is 17.0. The Bertz CT molecular complexity index is 556. The summed E-state index contributed by atoms with van der Waals surface area (Å²) < 4.78 is 5.14. The van der Waals surface area contributed by atoms with E-state index < -0.39 is 23.0 Å². The Kier molecular flexibility index (Phi) is 4.67. The second kappa shape index (κ2) is 6.66. The zero-order valence-electron chi connectivity index (χ0n) is 11.0. The number of benzene rings is 1. The number of amides is 3. The second-order valence-electron chi connectivity index (χ2n) is 4.34. The highest BCUT2D eigenvalue weighted by Crippen LogP contribution is 2.22. The average Bonchev–Trinajstić information content (AvgIpc) is 2.99. The Hall–Kier alpha value is -2.68. The van der Waals surface area contributed by atoms with Crippen molar-refractivity contribution in [2.75, 3.05) is 11.9 Å². The minimum atomic E-state index is -0.782. The molecule has 3 amide bonds. The maximum atomic E-state index is 11.6. The van der Waals surface area contributed by atoms with Crippen molar-refractivity contribution in [1.82, 2.24) is 10.9 Å². The molecule has 1 aliphatic heterocycles. The third kappa shape index (κ3) is 3.89. The third-order valence-corrected chi connectivity index (χ3v) is 2.87. The quantitative estimate of drug-likeness (QED) is 0.565. The number of urea groups is 1. The van der Waals surface area contributed by atoms with E-state index in [4.69, 9.17) is 4.74 Å². The fraction of sp³-hybridized carbons (Fsp3) is 0.333. The Morgan fingerprint density at radius 1 is 1.29 bits per heavy atom. The fourth-order valence-electron chi connectivity index (χ4n) is 1.88. The molecule has 0 saturated carbocycles. The molecule has 3 N–H and O–H groups in total. The van der Waals surface area contributed by atoms with Gasteiger partial charge in [-0.2, -0.15) is 0 Å². The summed E-state index contributed by atoms with van der Waals surface area (Å²) in [7, 11) is 0. The van der Waals surface area contributed by atoms with Crippen molar-refractivity contribution in [3.05, 3.63) is 34.4 Å². The number of nitrogens with one attached hydrogen (secondary N) is 3. The molecule has 9 heteroatoms. The number of hydrogen-bond donors (Lipinski definition) is 3. The van der Waals surface area contributed by atoms with Crippen LogP contribution >= 0.6 is 0 Å². The molecule has 1 aliphatic rings. The monoisotopic (exact) mass is 294 g/mol. The van der Waals surface area contributed by atoms with Crippen LogP contribution in [0.25, 0.3) is 0 Å². The lowest BCUT2D eigenvalue weighted by Gasteiger charge is -2.12. The summed E-state index contributed by atoms with van der Waals surface area (Å²) in [5.41, 5.74) is 4.12. The Labute approximate surface area is 119 Å². The Balaban J connectivity index is 1.87. The van der Waals surface area contributed by atoms with Crippen molar-refractivity contribution in [3.8, 4) is 0 Å². The predicted octanol–water partition coefficient (Wildman–Crippen LogP) is 0.926. The number of nitrogens with zero attached hydrogens (tertiary/aromatic N) is 1. The van der Waals surface area contributed by atoms with Crippen molar-refractivity contribution in [2.24, 2.45) is 0 Å². The molecule has 0 unspecified atom stereocenters. The minimum absolute atomic E-state index is 0.0337. The second-order valence-corrected chi connectivity index (χ2v) is 4.34. The number of nitro groups is 1. The van der Waals surface area contributed by atoms with Gasteiger partial charge in [-0.3, -0.25) is 20.3 Å². The van der Waals surface area contributed by atoms with Gasteiger partial charge in [-0.25, -0.2) is 10.2 Å². The predicted molar refractivity (Wildman–Crippen MR) is 72.4 cm³/mol. The summed E-state index contributed by atoms with van der Waals surface area (Å²) in [4.78, 5) is 33.4. The van der Waals surface area contributed by atoms with Gasteiger partial charge in [0.15, 0.2) is 0 Å². The molecule has 0 aliphatic carbocycles. The van der Waals surface area contributed by atoms with E-state index in [0.29, 0.717) is 13.0 Å². The molecule has 9 nitrogen and oxygen atoms in total. The van der Waals surface area contributed by atoms with E-state index in [0.717, 1.165) is 6.42 Å². The van der Waals surface area contributed by atoms with E-state index in [1.807, 2.05) is 0 Å². The van der Waals surface area contributed by atoms with Crippen LogP contribution in [-0.2, 0) is 9.53 Å². The number of anilines is 1. The highest BCUT2D eigenvalue weighted by Gasteiger charge is 2.24. The Morgan fingerprint density at radius 2 is 2.05 bits per heavy atom. The van der Waals surface area contributed by atoms with E-state index in [-0.39, 0.29) is 11.4 Å². The molecule has 1 aromatic carbocycles. The molecule has 0 radical (unpaired) electrons. The smallest absolute Gasteiger partial charge is 0.338 e. The molecule has 1 heterocycles. The standard InChI is InChI=1S/C12H14N4O5/c17-11(10-6-3-7-21-10)14-15-12(18)13-8-4-1-2-5-9(8)16(19)20/h1-2,4-5,10H,3,6-7H2,(H,14,17)(H2,13,15,18)/t10-/m1/s1. The molecular formula is C12H14N4O5. The lowest BCUT2D eigenvalue weighted by atomic mass is 10.2. The van der Waals surface area contributed by atoms with Gasteiger partial charge in [-0.05, 0) is 18.9 Å². The average molecular weight is 294 g/mol. The van der Waals surface area contributed by atoms with Gasteiger partial charge in [0, 0.05) is 12.7 Å². The molecule has 0 spiro atoms. The molecule has 21 heavy (non-hydrogen) atoms. The number of ether oxygens (including phenoxy) is 1. The largest absolute Gasteiger partial charge is 0.368 e. The van der Waals surface area contributed by atoms with E-state index in [9.17, 15) is 19.7 Å². The number of rotatable bonds is 3. The zero-order chi connectivity index (χ0) is 15.2. The summed E-state index contributed by atoms with van der Waals surface area (Å²) in [5, 5.41) is 13.1. The molecular weight excluding hydrogens is 280 g/mol. The topological polar surface area (TPSA) is 123 Å². The van der Waals surface area contributed by atoms with Crippen LogP contribution in [0.3, 0.4) is 0 Å². The number of carbonyl (C=O) groups is 2. The minimum Gasteiger partial charge on any atom is -0.368 e. The van der Waals surface area contributed by atoms with Gasteiger partial charge in [0.2, 0.25) is 0 Å². The van der Waals surface area contributed by atoms with Crippen LogP contribution in [0.5, 0.6) is 0 Å². The zero-order valence-corrected chi connectivity index (χ0v) is 11.0. The third-order valence-electron chi connectivity index (χ3n) is 2.87. The first-order valence-corrected chi connectivity index (χ1v) is 6.30. The molecule has 0 aromatic heterocycles. The van der Waals surface area contributed by atoms with Gasteiger partial charge in [0.05, 0.1) is 4.92 Å². The number of hydrazine groups is 1. The van der Waals surface area contributed by atoms with E-state index in [1.54, 1.807) is 6.07 Å². The van der Waals surface area contributed by atoms with E-state index >= 15 is 0 Å². The van der Waals surface area contributed by atoms with Crippen molar-refractivity contribution >= 4 is 23.3 Å². The lowest BCUT2D eigenvalue weighted by molar-refractivity contribution is -0.383. The van der Waals surface area contributed by atoms with Crippen LogP contribution in [0.1, 0.15) is 12.8 Å². The SMILES string of the molecule is O=C(NNC(=O)[C@H]1CCCO1)Nc1ccccc1[N+](=O)[O-]. The maximum absolute atomic E-state index is 11.6. The van der Waals surface area contributed by atoms with Crippen LogP contribution in [0.15, 0.2) is 24.3 Å². The van der Waals surface area contributed by atoms with Crippen LogP contribution in [0.2, 0.25) is 0 Å². The van der Waals surface area contributed by atoms with Crippen LogP contribution in [0.4, 0.5) is 16.2 Å². The van der Waals surface area contributed by atoms with Crippen molar-refractivity contribution in [2.45, 2.75) is 18.9 Å². The first kappa shape index (κ1) is 14.7. The summed E-state index contributed by atoms with van der Waals surface area (Å²) in [5.74, 6) is -0.454. The number of nitro benzene ring substituents is 1. The molecule has 112 valence electrons. The summed E-state index contributed by atoms with van der Waals surface area (Å²) in [6.45, 7) is 0.514. The van der Waals surface area contributed by atoms with Gasteiger partial charge >= 0.3 is 6.03 Å². The number of carbonyl (C=O) groups excluding carboxylic acids is 2. The van der Waals surface area contributed by atoms with Gasteiger partial charge in [-0.15, -0.1) is 0 Å². The Morgan fingerprint density at radius 3 is 2.71 bits per heavy atom. The van der Waals surface area contributed by atoms with Gasteiger partial charge < -0.3 is 10.1 Å². The van der Waals surface area contributed by atoms with Crippen LogP contribution < -0.4 is 16.2 Å². The lowest BCUT2D eigenvalue weighted by Crippen LogP contribution is -2.47. The molecule has 1 atom stereocenters. The number of hydrogen-bond acceptors (Lipinski definition) is 5. The first-order valence-electron chi connectivity index (χ1n) is 6.30. The van der Waals surface area contributed by atoms with Gasteiger partial charge in [-0.1, -0.05) is 12.1 Å². The summed E-state index contributed by atoms with van der Waals surface area (Å²) in [6.07, 6.45) is 0.816. The van der Waals surface area contributed by atoms with Crippen molar-refractivity contribution in [1.29, 1.82) is 0 Å². The van der Waals surface area contributed by atoms with Crippen molar-refractivity contribution in [3.63, 3.8) is 0 Å². The molecule has 1 aromatic rings.